The van der Waals surface area contributed by atoms with Crippen LogP contribution in [-0.4, -0.2) is 104 Å². The van der Waals surface area contributed by atoms with Gasteiger partial charge in [-0.2, -0.15) is 0 Å². The molecule has 27 heavy (non-hydrogen) atoms. The Morgan fingerprint density at radius 2 is 1.30 bits per heavy atom. The van der Waals surface area contributed by atoms with Crippen molar-refractivity contribution >= 4 is 5.78 Å². The zero-order valence-corrected chi connectivity index (χ0v) is 16.6. The number of Topliss-reactive ketones (excluding diaryl/α,β-unsaturated/α-hetero) is 1. The maximum atomic E-state index is 13.5. The average Bonchev–Trinajstić information content (AvgIpc) is 2.62. The molecule has 0 spiro atoms. The molecule has 8 heteroatoms. The zero-order chi connectivity index (χ0) is 20.3. The van der Waals surface area contributed by atoms with Gasteiger partial charge in [0.1, 0.15) is 24.4 Å². The molecule has 4 bridgehead atoms. The molecule has 5 N–H and O–H groups in total. The van der Waals surface area contributed by atoms with Gasteiger partial charge in [0.25, 0.3) is 0 Å². The second-order valence-corrected chi connectivity index (χ2v) is 9.40. The lowest BCUT2D eigenvalue weighted by Crippen LogP contribution is -2.83. The summed E-state index contributed by atoms with van der Waals surface area (Å²) in [6.45, 7) is 9.59. The van der Waals surface area contributed by atoms with Crippen molar-refractivity contribution in [3.8, 4) is 0 Å². The van der Waals surface area contributed by atoms with Crippen LogP contribution in [0.2, 0.25) is 0 Å². The predicted molar refractivity (Wildman–Crippen MR) is 97.6 cm³/mol. The predicted octanol–water partition coefficient (Wildman–Crippen LogP) is -1.75. The minimum atomic E-state index is -1.65. The van der Waals surface area contributed by atoms with E-state index in [4.69, 9.17) is 5.11 Å². The summed E-state index contributed by atoms with van der Waals surface area (Å²) in [7, 11) is 0. The van der Waals surface area contributed by atoms with Crippen molar-refractivity contribution in [2.45, 2.75) is 58.3 Å². The SMILES string of the molecule is CC(C)C12CN3CC(C(C)C)(CN(C1)C3[C@@H](O)[C@@H](O)[C@@H](O)[C@@H](O)CO)C2=O. The summed E-state index contributed by atoms with van der Waals surface area (Å²) in [5.74, 6) is 0.619. The number of hydrogen-bond donors (Lipinski definition) is 5. The highest BCUT2D eigenvalue weighted by molar-refractivity contribution is 5.94. The molecule has 4 heterocycles. The second kappa shape index (κ2) is 7.02. The molecule has 0 unspecified atom stereocenters. The summed E-state index contributed by atoms with van der Waals surface area (Å²) in [6.07, 6.45) is -6.64. The number of rotatable bonds is 7. The largest absolute Gasteiger partial charge is 0.394 e. The molecule has 4 aliphatic rings. The van der Waals surface area contributed by atoms with Crippen LogP contribution in [0.25, 0.3) is 0 Å². The van der Waals surface area contributed by atoms with Crippen LogP contribution < -0.4 is 0 Å². The molecule has 4 fully saturated rings. The molecule has 0 radical (unpaired) electrons. The van der Waals surface area contributed by atoms with E-state index in [0.717, 1.165) is 0 Å². The summed E-state index contributed by atoms with van der Waals surface area (Å²) in [5.41, 5.74) is -0.990. The minimum absolute atomic E-state index is 0.151. The third kappa shape index (κ3) is 2.88. The maximum absolute atomic E-state index is 13.5. The molecule has 4 saturated heterocycles. The van der Waals surface area contributed by atoms with Crippen molar-refractivity contribution in [1.82, 2.24) is 9.80 Å². The quantitative estimate of drug-likeness (QED) is 0.349. The number of aliphatic hydroxyl groups is 5. The number of aliphatic hydroxyl groups excluding tert-OH is 5. The van der Waals surface area contributed by atoms with Crippen molar-refractivity contribution in [2.75, 3.05) is 32.8 Å². The van der Waals surface area contributed by atoms with Gasteiger partial charge in [-0.05, 0) is 11.8 Å². The molecule has 0 aromatic carbocycles. The maximum Gasteiger partial charge on any atom is 0.150 e. The fourth-order valence-corrected chi connectivity index (χ4v) is 5.45. The van der Waals surface area contributed by atoms with E-state index >= 15 is 0 Å². The van der Waals surface area contributed by atoms with Crippen LogP contribution in [0.5, 0.6) is 0 Å². The first-order chi connectivity index (χ1) is 12.5. The van der Waals surface area contributed by atoms with Crippen LogP contribution in [0.1, 0.15) is 27.7 Å². The first kappa shape index (κ1) is 21.1. The third-order valence-corrected chi connectivity index (χ3v) is 7.39. The number of hydrogen-bond acceptors (Lipinski definition) is 8. The van der Waals surface area contributed by atoms with Gasteiger partial charge in [-0.1, -0.05) is 27.7 Å². The molecule has 0 aliphatic carbocycles. The third-order valence-electron chi connectivity index (χ3n) is 7.39. The smallest absolute Gasteiger partial charge is 0.150 e. The Balaban J connectivity index is 1.91. The second-order valence-electron chi connectivity index (χ2n) is 9.40. The van der Waals surface area contributed by atoms with Crippen LogP contribution >= 0.6 is 0 Å². The highest BCUT2D eigenvalue weighted by Crippen LogP contribution is 2.54. The molecule has 0 amide bonds. The summed E-state index contributed by atoms with van der Waals surface area (Å²) < 4.78 is 0. The van der Waals surface area contributed by atoms with E-state index in [2.05, 4.69) is 37.5 Å². The lowest BCUT2D eigenvalue weighted by atomic mass is 9.53. The Morgan fingerprint density at radius 3 is 1.63 bits per heavy atom. The summed E-state index contributed by atoms with van der Waals surface area (Å²) in [6, 6.07) is 0. The number of ketones is 1. The van der Waals surface area contributed by atoms with Gasteiger partial charge in [-0.3, -0.25) is 14.6 Å². The molecule has 4 atom stereocenters. The van der Waals surface area contributed by atoms with Crippen LogP contribution in [0, 0.1) is 22.7 Å². The number of piperidine rings is 2. The van der Waals surface area contributed by atoms with Crippen LogP contribution in [0.15, 0.2) is 0 Å². The minimum Gasteiger partial charge on any atom is -0.394 e. The Hall–Kier alpha value is -0.610. The summed E-state index contributed by atoms with van der Waals surface area (Å²) in [5, 5.41) is 49.8. The highest BCUT2D eigenvalue weighted by atomic mass is 16.4. The van der Waals surface area contributed by atoms with E-state index in [1.165, 1.54) is 0 Å². The molecule has 4 aliphatic heterocycles. The lowest BCUT2D eigenvalue weighted by Gasteiger charge is -2.69. The highest BCUT2D eigenvalue weighted by Gasteiger charge is 2.68. The molecule has 4 rings (SSSR count). The average molecular weight is 386 g/mol. The van der Waals surface area contributed by atoms with Gasteiger partial charge in [0.2, 0.25) is 0 Å². The standard InChI is InChI=1S/C19H34N2O6/c1-10(2)18-6-20-8-19(11(3)4,17(18)27)9-21(7-18)16(20)15(26)14(25)13(24)12(23)5-22/h10-16,22-26H,5-9H2,1-4H3/t12-,13-,14-,15-,16?,18?,19?/m0/s1. The molecule has 8 nitrogen and oxygen atoms in total. The fourth-order valence-electron chi connectivity index (χ4n) is 5.45. The van der Waals surface area contributed by atoms with Crippen molar-refractivity contribution < 1.29 is 30.3 Å². The summed E-state index contributed by atoms with van der Waals surface area (Å²) in [4.78, 5) is 17.6. The normalized spacial score (nSPS) is 42.6. The topological polar surface area (TPSA) is 125 Å². The van der Waals surface area contributed by atoms with Gasteiger partial charge < -0.3 is 25.5 Å². The Morgan fingerprint density at radius 1 is 0.889 bits per heavy atom. The lowest BCUT2D eigenvalue weighted by molar-refractivity contribution is -0.244. The Labute approximate surface area is 160 Å². The van der Waals surface area contributed by atoms with E-state index in [0.29, 0.717) is 32.0 Å². The first-order valence-corrected chi connectivity index (χ1v) is 9.88. The Bertz CT molecular complexity index is 537. The molecular weight excluding hydrogens is 352 g/mol. The zero-order valence-electron chi connectivity index (χ0n) is 16.6. The van der Waals surface area contributed by atoms with E-state index in [9.17, 15) is 25.2 Å². The van der Waals surface area contributed by atoms with Crippen LogP contribution in [-0.2, 0) is 4.79 Å². The van der Waals surface area contributed by atoms with Gasteiger partial charge in [-0.25, -0.2) is 0 Å². The van der Waals surface area contributed by atoms with Crippen molar-refractivity contribution in [2.24, 2.45) is 22.7 Å². The van der Waals surface area contributed by atoms with Gasteiger partial charge in [0.15, 0.2) is 5.78 Å². The first-order valence-electron chi connectivity index (χ1n) is 9.88. The van der Waals surface area contributed by atoms with Crippen molar-refractivity contribution in [3.05, 3.63) is 0 Å². The van der Waals surface area contributed by atoms with Crippen molar-refractivity contribution in [1.29, 1.82) is 0 Å². The molecule has 156 valence electrons. The van der Waals surface area contributed by atoms with Gasteiger partial charge in [0, 0.05) is 26.2 Å². The number of carbonyl (C=O) groups excluding carboxylic acids is 1. The Kier molecular flexibility index (Phi) is 5.49. The van der Waals surface area contributed by atoms with E-state index in [1.54, 1.807) is 0 Å². The van der Waals surface area contributed by atoms with Gasteiger partial charge in [0.05, 0.1) is 23.6 Å². The fraction of sp³-hybridized carbons (Fsp3) is 0.947. The summed E-state index contributed by atoms with van der Waals surface area (Å²) >= 11 is 0. The van der Waals surface area contributed by atoms with E-state index < -0.39 is 48.0 Å². The van der Waals surface area contributed by atoms with Gasteiger partial charge >= 0.3 is 0 Å². The van der Waals surface area contributed by atoms with E-state index in [1.807, 2.05) is 0 Å². The molecule has 0 aromatic heterocycles. The van der Waals surface area contributed by atoms with Crippen LogP contribution in [0.4, 0.5) is 0 Å². The van der Waals surface area contributed by atoms with E-state index in [-0.39, 0.29) is 11.8 Å². The monoisotopic (exact) mass is 386 g/mol. The van der Waals surface area contributed by atoms with Crippen LogP contribution in [0.3, 0.4) is 0 Å². The van der Waals surface area contributed by atoms with Crippen molar-refractivity contribution in [3.63, 3.8) is 0 Å². The molecular formula is C19H34N2O6. The molecule has 0 saturated carbocycles. The molecule has 0 aromatic rings. The van der Waals surface area contributed by atoms with Gasteiger partial charge in [-0.15, -0.1) is 0 Å². The number of carbonyl (C=O) groups is 1. The number of nitrogens with zero attached hydrogens (tertiary/aromatic N) is 2.